The molecule has 2 N–H and O–H groups in total. The summed E-state index contributed by atoms with van der Waals surface area (Å²) in [5, 5.41) is 5.30. The van der Waals surface area contributed by atoms with Gasteiger partial charge in [0, 0.05) is 13.0 Å². The van der Waals surface area contributed by atoms with E-state index >= 15 is 0 Å². The van der Waals surface area contributed by atoms with Gasteiger partial charge in [-0.05, 0) is 24.1 Å². The molecule has 0 aromatic heterocycles. The van der Waals surface area contributed by atoms with Crippen LogP contribution in [0.2, 0.25) is 0 Å². The minimum atomic E-state index is -0.216. The van der Waals surface area contributed by atoms with Crippen molar-refractivity contribution in [1.29, 1.82) is 0 Å². The quantitative estimate of drug-likeness (QED) is 0.812. The summed E-state index contributed by atoms with van der Waals surface area (Å²) in [6.45, 7) is 2.54. The number of fused-ring (bicyclic) bond motifs is 1. The summed E-state index contributed by atoms with van der Waals surface area (Å²) < 4.78 is 10.5. The molecule has 2 amide bonds. The van der Waals surface area contributed by atoms with Crippen LogP contribution in [0.4, 0.5) is 0 Å². The molecule has 0 fully saturated rings. The zero-order valence-electron chi connectivity index (χ0n) is 11.4. The number of rotatable bonds is 6. The summed E-state index contributed by atoms with van der Waals surface area (Å²) in [6, 6.07) is 5.51. The van der Waals surface area contributed by atoms with Crippen molar-refractivity contribution < 1.29 is 19.1 Å². The predicted molar refractivity (Wildman–Crippen MR) is 72.3 cm³/mol. The van der Waals surface area contributed by atoms with Gasteiger partial charge < -0.3 is 20.1 Å². The minimum Gasteiger partial charge on any atom is -0.454 e. The Morgan fingerprint density at radius 1 is 1.15 bits per heavy atom. The lowest BCUT2D eigenvalue weighted by Crippen LogP contribution is -2.36. The summed E-state index contributed by atoms with van der Waals surface area (Å²) in [4.78, 5) is 22.8. The van der Waals surface area contributed by atoms with E-state index in [-0.39, 0.29) is 25.2 Å². The van der Waals surface area contributed by atoms with Gasteiger partial charge in [-0.2, -0.15) is 0 Å². The second-order valence-electron chi connectivity index (χ2n) is 4.49. The van der Waals surface area contributed by atoms with Crippen LogP contribution in [-0.2, 0) is 16.1 Å². The number of amides is 2. The zero-order chi connectivity index (χ0) is 14.4. The second kappa shape index (κ2) is 6.79. The van der Waals surface area contributed by atoms with Gasteiger partial charge in [0.1, 0.15) is 0 Å². The molecular weight excluding hydrogens is 260 g/mol. The highest BCUT2D eigenvalue weighted by atomic mass is 16.7. The van der Waals surface area contributed by atoms with Crippen molar-refractivity contribution in [3.05, 3.63) is 23.8 Å². The molecule has 0 spiro atoms. The first-order valence-corrected chi connectivity index (χ1v) is 6.61. The highest BCUT2D eigenvalue weighted by molar-refractivity contribution is 5.84. The third-order valence-electron chi connectivity index (χ3n) is 2.85. The number of nitrogens with one attached hydrogen (secondary N) is 2. The lowest BCUT2D eigenvalue weighted by Gasteiger charge is -2.07. The number of hydrogen-bond donors (Lipinski definition) is 2. The van der Waals surface area contributed by atoms with Crippen LogP contribution >= 0.6 is 0 Å². The van der Waals surface area contributed by atoms with E-state index in [9.17, 15) is 9.59 Å². The average molecular weight is 278 g/mol. The van der Waals surface area contributed by atoms with Gasteiger partial charge in [0.15, 0.2) is 11.5 Å². The monoisotopic (exact) mass is 278 g/mol. The maximum Gasteiger partial charge on any atom is 0.239 e. The number of ether oxygens (including phenoxy) is 2. The van der Waals surface area contributed by atoms with Gasteiger partial charge in [-0.1, -0.05) is 13.0 Å². The molecular formula is C14H18N2O4. The standard InChI is InChI=1S/C14H18N2O4/c1-2-3-13(17)16-8-14(18)15-7-10-4-5-11-12(6-10)20-9-19-11/h4-6H,2-3,7-9H2,1H3,(H,15,18)(H,16,17). The van der Waals surface area contributed by atoms with E-state index in [1.807, 2.05) is 25.1 Å². The van der Waals surface area contributed by atoms with Crippen molar-refractivity contribution in [2.75, 3.05) is 13.3 Å². The van der Waals surface area contributed by atoms with E-state index < -0.39 is 0 Å². The van der Waals surface area contributed by atoms with Crippen molar-refractivity contribution in [2.45, 2.75) is 26.3 Å². The number of carbonyl (C=O) groups excluding carboxylic acids is 2. The van der Waals surface area contributed by atoms with Crippen LogP contribution in [-0.4, -0.2) is 25.2 Å². The lowest BCUT2D eigenvalue weighted by atomic mass is 10.2. The van der Waals surface area contributed by atoms with E-state index in [1.165, 1.54) is 0 Å². The Morgan fingerprint density at radius 2 is 1.95 bits per heavy atom. The van der Waals surface area contributed by atoms with Crippen molar-refractivity contribution in [1.82, 2.24) is 10.6 Å². The van der Waals surface area contributed by atoms with Crippen LogP contribution in [0, 0.1) is 0 Å². The van der Waals surface area contributed by atoms with Crippen LogP contribution in [0.5, 0.6) is 11.5 Å². The summed E-state index contributed by atoms with van der Waals surface area (Å²) >= 11 is 0. The predicted octanol–water partition coefficient (Wildman–Crippen LogP) is 0.948. The van der Waals surface area contributed by atoms with Crippen molar-refractivity contribution in [2.24, 2.45) is 0 Å². The molecule has 1 aromatic carbocycles. The van der Waals surface area contributed by atoms with Crippen LogP contribution in [0.25, 0.3) is 0 Å². The molecule has 0 unspecified atom stereocenters. The van der Waals surface area contributed by atoms with E-state index in [0.717, 1.165) is 12.0 Å². The molecule has 0 bridgehead atoms. The Labute approximate surface area is 117 Å². The first-order valence-electron chi connectivity index (χ1n) is 6.61. The Bertz CT molecular complexity index is 502. The Balaban J connectivity index is 1.74. The molecule has 6 nitrogen and oxygen atoms in total. The highest BCUT2D eigenvalue weighted by Gasteiger charge is 2.13. The van der Waals surface area contributed by atoms with Crippen molar-refractivity contribution >= 4 is 11.8 Å². The number of hydrogen-bond acceptors (Lipinski definition) is 4. The van der Waals surface area contributed by atoms with Crippen LogP contribution in [0.3, 0.4) is 0 Å². The molecule has 2 rings (SSSR count). The van der Waals surface area contributed by atoms with Gasteiger partial charge in [0.05, 0.1) is 6.54 Å². The fraction of sp³-hybridized carbons (Fsp3) is 0.429. The third kappa shape index (κ3) is 3.88. The fourth-order valence-corrected chi connectivity index (χ4v) is 1.81. The van der Waals surface area contributed by atoms with Crippen LogP contribution < -0.4 is 20.1 Å². The van der Waals surface area contributed by atoms with Gasteiger partial charge in [-0.3, -0.25) is 9.59 Å². The van der Waals surface area contributed by atoms with E-state index in [4.69, 9.17) is 9.47 Å². The average Bonchev–Trinajstić information content (AvgIpc) is 2.90. The molecule has 6 heteroatoms. The van der Waals surface area contributed by atoms with Crippen molar-refractivity contribution in [3.63, 3.8) is 0 Å². The Hall–Kier alpha value is -2.24. The van der Waals surface area contributed by atoms with E-state index in [1.54, 1.807) is 0 Å². The number of benzene rings is 1. The minimum absolute atomic E-state index is 0.00336. The lowest BCUT2D eigenvalue weighted by molar-refractivity contribution is -0.126. The van der Waals surface area contributed by atoms with E-state index in [0.29, 0.717) is 24.5 Å². The Kier molecular flexibility index (Phi) is 4.81. The first kappa shape index (κ1) is 14.2. The van der Waals surface area contributed by atoms with Crippen molar-refractivity contribution in [3.8, 4) is 11.5 Å². The van der Waals surface area contributed by atoms with Gasteiger partial charge in [-0.25, -0.2) is 0 Å². The van der Waals surface area contributed by atoms with E-state index in [2.05, 4.69) is 10.6 Å². The molecule has 0 saturated heterocycles. The van der Waals surface area contributed by atoms with Gasteiger partial charge >= 0.3 is 0 Å². The van der Waals surface area contributed by atoms with Gasteiger partial charge in [-0.15, -0.1) is 0 Å². The Morgan fingerprint density at radius 3 is 2.75 bits per heavy atom. The smallest absolute Gasteiger partial charge is 0.239 e. The molecule has 0 saturated carbocycles. The SMILES string of the molecule is CCCC(=O)NCC(=O)NCc1ccc2c(c1)OCO2. The molecule has 20 heavy (non-hydrogen) atoms. The molecule has 0 aliphatic carbocycles. The first-order chi connectivity index (χ1) is 9.69. The van der Waals surface area contributed by atoms with Crippen LogP contribution in [0.1, 0.15) is 25.3 Å². The topological polar surface area (TPSA) is 76.7 Å². The molecule has 0 atom stereocenters. The molecule has 0 radical (unpaired) electrons. The largest absolute Gasteiger partial charge is 0.454 e. The molecule has 1 aliphatic heterocycles. The molecule has 1 aliphatic rings. The summed E-state index contributed by atoms with van der Waals surface area (Å²) in [5.41, 5.74) is 0.919. The fourth-order valence-electron chi connectivity index (χ4n) is 1.81. The second-order valence-corrected chi connectivity index (χ2v) is 4.49. The molecule has 1 aromatic rings. The summed E-state index contributed by atoms with van der Waals surface area (Å²) in [6.07, 6.45) is 1.21. The van der Waals surface area contributed by atoms with Crippen LogP contribution in [0.15, 0.2) is 18.2 Å². The highest BCUT2D eigenvalue weighted by Crippen LogP contribution is 2.32. The summed E-state index contributed by atoms with van der Waals surface area (Å²) in [7, 11) is 0. The zero-order valence-corrected chi connectivity index (χ0v) is 11.4. The molecule has 1 heterocycles. The molecule has 108 valence electrons. The maximum absolute atomic E-state index is 11.6. The maximum atomic E-state index is 11.6. The summed E-state index contributed by atoms with van der Waals surface area (Å²) in [5.74, 6) is 1.08. The third-order valence-corrected chi connectivity index (χ3v) is 2.85. The number of carbonyl (C=O) groups is 2. The normalized spacial score (nSPS) is 12.1. The van der Waals surface area contributed by atoms with Gasteiger partial charge in [0.25, 0.3) is 0 Å². The van der Waals surface area contributed by atoms with Gasteiger partial charge in [0.2, 0.25) is 18.6 Å².